The molecule has 0 fully saturated rings. The number of ether oxygens (including phenoxy) is 3. The Balaban J connectivity index is 2.02. The number of esters is 2. The van der Waals surface area contributed by atoms with Gasteiger partial charge >= 0.3 is 11.9 Å². The Kier molecular flexibility index (Phi) is 5.83. The highest BCUT2D eigenvalue weighted by Crippen LogP contribution is 2.35. The van der Waals surface area contributed by atoms with Crippen LogP contribution < -0.4 is 4.74 Å². The number of carbonyl (C=O) groups excluding carboxylic acids is 2. The first-order chi connectivity index (χ1) is 13.1. The molecule has 0 atom stereocenters. The lowest BCUT2D eigenvalue weighted by Crippen LogP contribution is -2.13. The highest BCUT2D eigenvalue weighted by molar-refractivity contribution is 7.17. The van der Waals surface area contributed by atoms with Crippen LogP contribution in [0.5, 0.6) is 5.75 Å². The molecule has 0 spiro atoms. The van der Waals surface area contributed by atoms with Gasteiger partial charge in [-0.25, -0.2) is 14.6 Å². The van der Waals surface area contributed by atoms with E-state index in [1.54, 1.807) is 18.2 Å². The summed E-state index contributed by atoms with van der Waals surface area (Å²) in [6, 6.07) is 16.7. The second kappa shape index (κ2) is 8.46. The predicted octanol–water partition coefficient (Wildman–Crippen LogP) is 3.82. The Hall–Kier alpha value is -3.19. The Bertz CT molecular complexity index is 952. The van der Waals surface area contributed by atoms with E-state index < -0.39 is 11.9 Å². The van der Waals surface area contributed by atoms with E-state index in [1.165, 1.54) is 25.6 Å². The number of methoxy groups -OCH3 is 2. The molecule has 1 aromatic carbocycles. The van der Waals surface area contributed by atoms with Crippen LogP contribution in [0.4, 0.5) is 0 Å². The van der Waals surface area contributed by atoms with E-state index in [4.69, 9.17) is 14.5 Å². The van der Waals surface area contributed by atoms with Gasteiger partial charge in [0.25, 0.3) is 0 Å². The fourth-order valence-corrected chi connectivity index (χ4v) is 3.30. The lowest BCUT2D eigenvalue weighted by Gasteiger charge is -2.11. The summed E-state index contributed by atoms with van der Waals surface area (Å²) in [4.78, 5) is 29.1. The van der Waals surface area contributed by atoms with Gasteiger partial charge in [-0.1, -0.05) is 30.3 Å². The van der Waals surface area contributed by atoms with E-state index >= 15 is 0 Å². The zero-order valence-corrected chi connectivity index (χ0v) is 15.6. The van der Waals surface area contributed by atoms with Crippen molar-refractivity contribution in [2.75, 3.05) is 20.8 Å². The number of carbonyl (C=O) groups is 2. The van der Waals surface area contributed by atoms with Gasteiger partial charge in [-0.2, -0.15) is 0 Å². The molecule has 0 N–H and O–H groups in total. The molecule has 6 nitrogen and oxygen atoms in total. The third-order valence-electron chi connectivity index (χ3n) is 3.73. The van der Waals surface area contributed by atoms with Crippen molar-refractivity contribution in [2.24, 2.45) is 0 Å². The molecular formula is C20H17NO5S. The fourth-order valence-electron chi connectivity index (χ4n) is 2.38. The molecule has 0 amide bonds. The second-order valence-corrected chi connectivity index (χ2v) is 6.51. The van der Waals surface area contributed by atoms with Gasteiger partial charge in [0.2, 0.25) is 0 Å². The summed E-state index contributed by atoms with van der Waals surface area (Å²) in [5.74, 6) is -0.477. The van der Waals surface area contributed by atoms with Crippen molar-refractivity contribution >= 4 is 23.3 Å². The van der Waals surface area contributed by atoms with Crippen LogP contribution in [-0.2, 0) is 14.3 Å². The van der Waals surface area contributed by atoms with Gasteiger partial charge in [0.05, 0.1) is 24.8 Å². The molecule has 0 aliphatic heterocycles. The zero-order valence-electron chi connectivity index (χ0n) is 14.8. The molecule has 3 rings (SSSR count). The maximum Gasteiger partial charge on any atom is 0.348 e. The van der Waals surface area contributed by atoms with Gasteiger partial charge in [-0.3, -0.25) is 0 Å². The van der Waals surface area contributed by atoms with E-state index in [9.17, 15) is 9.59 Å². The number of thiophene rings is 1. The minimum Gasteiger partial charge on any atom is -0.480 e. The summed E-state index contributed by atoms with van der Waals surface area (Å²) in [7, 11) is 2.63. The molecule has 2 aromatic heterocycles. The fraction of sp³-hybridized carbons (Fsp3) is 0.150. The summed E-state index contributed by atoms with van der Waals surface area (Å²) < 4.78 is 15.0. The van der Waals surface area contributed by atoms with E-state index in [-0.39, 0.29) is 6.61 Å². The molecule has 7 heteroatoms. The normalized spacial score (nSPS) is 10.3. The molecule has 0 radical (unpaired) electrons. The highest BCUT2D eigenvalue weighted by atomic mass is 32.1. The van der Waals surface area contributed by atoms with Crippen molar-refractivity contribution in [2.45, 2.75) is 0 Å². The number of rotatable bonds is 6. The van der Waals surface area contributed by atoms with Crippen LogP contribution in [0.15, 0.2) is 54.6 Å². The number of nitrogens with zero attached hydrogens (tertiary/aromatic N) is 1. The predicted molar refractivity (Wildman–Crippen MR) is 102 cm³/mol. The first-order valence-electron chi connectivity index (χ1n) is 8.07. The Morgan fingerprint density at radius 1 is 0.963 bits per heavy atom. The third kappa shape index (κ3) is 4.32. The van der Waals surface area contributed by atoms with Crippen LogP contribution in [0.1, 0.15) is 9.67 Å². The Morgan fingerprint density at radius 2 is 1.74 bits per heavy atom. The maximum absolute atomic E-state index is 11.8. The molecular weight excluding hydrogens is 366 g/mol. The van der Waals surface area contributed by atoms with Crippen LogP contribution in [0.25, 0.3) is 21.8 Å². The number of hydrogen-bond donors (Lipinski definition) is 0. The van der Waals surface area contributed by atoms with Crippen LogP contribution in [0.2, 0.25) is 0 Å². The Labute approximate surface area is 160 Å². The summed E-state index contributed by atoms with van der Waals surface area (Å²) in [6.07, 6.45) is 0. The molecule has 0 aliphatic carbocycles. The topological polar surface area (TPSA) is 74.7 Å². The van der Waals surface area contributed by atoms with E-state index in [0.717, 1.165) is 16.1 Å². The van der Waals surface area contributed by atoms with Crippen LogP contribution in [-0.4, -0.2) is 37.7 Å². The average molecular weight is 383 g/mol. The van der Waals surface area contributed by atoms with Crippen molar-refractivity contribution in [3.8, 4) is 27.6 Å². The number of benzene rings is 1. The molecule has 0 unspecified atom stereocenters. The number of pyridine rings is 1. The monoisotopic (exact) mass is 383 g/mol. The minimum atomic E-state index is -0.491. The van der Waals surface area contributed by atoms with Crippen molar-refractivity contribution in [3.63, 3.8) is 0 Å². The maximum atomic E-state index is 11.8. The zero-order chi connectivity index (χ0) is 19.2. The van der Waals surface area contributed by atoms with E-state index in [1.807, 2.05) is 36.4 Å². The smallest absolute Gasteiger partial charge is 0.348 e. The molecule has 27 heavy (non-hydrogen) atoms. The molecule has 138 valence electrons. The van der Waals surface area contributed by atoms with Gasteiger partial charge in [0, 0.05) is 5.56 Å². The highest BCUT2D eigenvalue weighted by Gasteiger charge is 2.17. The molecule has 2 heterocycles. The third-order valence-corrected chi connectivity index (χ3v) is 4.80. The summed E-state index contributed by atoms with van der Waals surface area (Å²) >= 11 is 1.24. The van der Waals surface area contributed by atoms with Crippen molar-refractivity contribution in [1.82, 2.24) is 4.98 Å². The second-order valence-electron chi connectivity index (χ2n) is 5.43. The van der Waals surface area contributed by atoms with Gasteiger partial charge in [0.15, 0.2) is 6.61 Å². The van der Waals surface area contributed by atoms with Gasteiger partial charge in [-0.05, 0) is 24.3 Å². The van der Waals surface area contributed by atoms with Gasteiger partial charge in [-0.15, -0.1) is 11.3 Å². The summed E-state index contributed by atoms with van der Waals surface area (Å²) in [6.45, 7) is -0.231. The summed E-state index contributed by atoms with van der Waals surface area (Å²) in [5, 5.41) is 0. The molecule has 0 saturated carbocycles. The first kappa shape index (κ1) is 18.6. The van der Waals surface area contributed by atoms with E-state index in [2.05, 4.69) is 4.74 Å². The minimum absolute atomic E-state index is 0.231. The number of hydrogen-bond acceptors (Lipinski definition) is 7. The average Bonchev–Trinajstić information content (AvgIpc) is 3.22. The molecule has 0 saturated heterocycles. The number of aromatic nitrogens is 1. The van der Waals surface area contributed by atoms with Crippen molar-refractivity contribution in [3.05, 3.63) is 59.5 Å². The largest absolute Gasteiger partial charge is 0.480 e. The van der Waals surface area contributed by atoms with Crippen molar-refractivity contribution < 1.29 is 23.8 Å². The molecule has 3 aromatic rings. The lowest BCUT2D eigenvalue weighted by molar-refractivity contribution is -0.142. The lowest BCUT2D eigenvalue weighted by atomic mass is 10.1. The summed E-state index contributed by atoms with van der Waals surface area (Å²) in [5.41, 5.74) is 2.24. The van der Waals surface area contributed by atoms with Crippen LogP contribution >= 0.6 is 11.3 Å². The molecule has 0 aliphatic rings. The standard InChI is InChI=1S/C20H17NO5S/c1-24-18(22)12-26-15-9-8-14(13-6-4-3-5-7-13)21-19(15)16-10-11-17(27-16)20(23)25-2/h3-11H,12H2,1-2H3. The molecule has 0 bridgehead atoms. The van der Waals surface area contributed by atoms with Crippen LogP contribution in [0.3, 0.4) is 0 Å². The SMILES string of the molecule is COC(=O)COc1ccc(-c2ccccc2)nc1-c1ccc(C(=O)OC)s1. The quantitative estimate of drug-likeness (QED) is 0.603. The Morgan fingerprint density at radius 3 is 2.44 bits per heavy atom. The first-order valence-corrected chi connectivity index (χ1v) is 8.88. The van der Waals surface area contributed by atoms with E-state index in [0.29, 0.717) is 16.3 Å². The van der Waals surface area contributed by atoms with Gasteiger partial charge < -0.3 is 14.2 Å². The van der Waals surface area contributed by atoms with Crippen LogP contribution in [0, 0.1) is 0 Å². The van der Waals surface area contributed by atoms with Gasteiger partial charge in [0.1, 0.15) is 16.3 Å². The van der Waals surface area contributed by atoms with Crippen molar-refractivity contribution in [1.29, 1.82) is 0 Å².